The summed E-state index contributed by atoms with van der Waals surface area (Å²) in [6, 6.07) is 14.9. The molecule has 1 N–H and O–H groups in total. The monoisotopic (exact) mass is 320 g/mol. The molecule has 4 aromatic rings. The normalized spacial score (nSPS) is 11.0. The van der Waals surface area contributed by atoms with E-state index in [1.54, 1.807) is 12.1 Å². The van der Waals surface area contributed by atoms with Gasteiger partial charge in [0, 0.05) is 16.6 Å². The first kappa shape index (κ1) is 13.8. The molecule has 0 saturated heterocycles. The second-order valence-electron chi connectivity index (χ2n) is 5.25. The molecule has 4 rings (SSSR count). The average Bonchev–Trinajstić information content (AvgIpc) is 3.02. The van der Waals surface area contributed by atoms with Crippen molar-refractivity contribution in [1.82, 2.24) is 13.7 Å². The van der Waals surface area contributed by atoms with E-state index in [1.807, 2.05) is 43.3 Å². The summed E-state index contributed by atoms with van der Waals surface area (Å²) in [6.07, 6.45) is 0. The Hall–Kier alpha value is -2.86. The fourth-order valence-corrected chi connectivity index (χ4v) is 3.00. The summed E-state index contributed by atoms with van der Waals surface area (Å²) in [5.74, 6) is -0.173. The zero-order chi connectivity index (χ0) is 15.8. The minimum Gasteiger partial charge on any atom is -0.321 e. The number of benzene rings is 2. The van der Waals surface area contributed by atoms with E-state index in [0.29, 0.717) is 5.56 Å². The SMILES string of the molecule is Cc1ccc2c(NC(=O)c3ccc4nsnc4c3)cccc2n1. The zero-order valence-electron chi connectivity index (χ0n) is 12.3. The largest absolute Gasteiger partial charge is 0.321 e. The van der Waals surface area contributed by atoms with Crippen LogP contribution in [0.15, 0.2) is 48.5 Å². The Morgan fingerprint density at radius 1 is 1.00 bits per heavy atom. The number of rotatable bonds is 2. The van der Waals surface area contributed by atoms with Gasteiger partial charge >= 0.3 is 0 Å². The second-order valence-corrected chi connectivity index (χ2v) is 5.78. The molecule has 2 aromatic carbocycles. The number of hydrogen-bond donors (Lipinski definition) is 1. The van der Waals surface area contributed by atoms with Crippen molar-refractivity contribution in [2.75, 3.05) is 5.32 Å². The third kappa shape index (κ3) is 2.53. The molecule has 0 unspecified atom stereocenters. The molecule has 1 amide bonds. The van der Waals surface area contributed by atoms with Gasteiger partial charge in [-0.2, -0.15) is 8.75 Å². The number of nitrogens with zero attached hydrogens (tertiary/aromatic N) is 3. The number of anilines is 1. The highest BCUT2D eigenvalue weighted by Gasteiger charge is 2.10. The molecule has 0 radical (unpaired) electrons. The molecule has 0 aliphatic carbocycles. The third-order valence-corrected chi connectivity index (χ3v) is 4.19. The smallest absolute Gasteiger partial charge is 0.255 e. The Kier molecular flexibility index (Phi) is 3.24. The Labute approximate surface area is 136 Å². The maximum Gasteiger partial charge on any atom is 0.255 e. The van der Waals surface area contributed by atoms with Gasteiger partial charge in [0.2, 0.25) is 0 Å². The lowest BCUT2D eigenvalue weighted by Gasteiger charge is -2.09. The van der Waals surface area contributed by atoms with Crippen LogP contribution in [0.5, 0.6) is 0 Å². The number of aryl methyl sites for hydroxylation is 1. The van der Waals surface area contributed by atoms with Crippen LogP contribution in [-0.2, 0) is 0 Å². The molecule has 0 fully saturated rings. The molecular weight excluding hydrogens is 308 g/mol. The molecule has 0 saturated carbocycles. The van der Waals surface area contributed by atoms with E-state index in [1.165, 1.54) is 0 Å². The van der Waals surface area contributed by atoms with Crippen molar-refractivity contribution in [2.45, 2.75) is 6.92 Å². The Balaban J connectivity index is 1.70. The predicted molar refractivity (Wildman–Crippen MR) is 91.8 cm³/mol. The van der Waals surface area contributed by atoms with Gasteiger partial charge in [-0.1, -0.05) is 6.07 Å². The maximum absolute atomic E-state index is 12.5. The quantitative estimate of drug-likeness (QED) is 0.610. The molecule has 23 heavy (non-hydrogen) atoms. The summed E-state index contributed by atoms with van der Waals surface area (Å²) in [5, 5.41) is 3.87. The van der Waals surface area contributed by atoms with Crippen molar-refractivity contribution < 1.29 is 4.79 Å². The highest BCUT2D eigenvalue weighted by Crippen LogP contribution is 2.23. The molecule has 112 valence electrons. The fourth-order valence-electron chi connectivity index (χ4n) is 2.48. The fraction of sp³-hybridized carbons (Fsp3) is 0.0588. The highest BCUT2D eigenvalue weighted by atomic mass is 32.1. The summed E-state index contributed by atoms with van der Waals surface area (Å²) < 4.78 is 8.31. The topological polar surface area (TPSA) is 67.8 Å². The van der Waals surface area contributed by atoms with E-state index in [9.17, 15) is 4.79 Å². The van der Waals surface area contributed by atoms with Gasteiger partial charge in [0.15, 0.2) is 0 Å². The van der Waals surface area contributed by atoms with Gasteiger partial charge in [-0.05, 0) is 49.4 Å². The van der Waals surface area contributed by atoms with Crippen LogP contribution in [0.3, 0.4) is 0 Å². The van der Waals surface area contributed by atoms with Gasteiger partial charge in [-0.25, -0.2) is 0 Å². The molecule has 5 nitrogen and oxygen atoms in total. The number of amides is 1. The summed E-state index contributed by atoms with van der Waals surface area (Å²) in [5.41, 5.74) is 4.65. The van der Waals surface area contributed by atoms with Crippen LogP contribution in [0.1, 0.15) is 16.1 Å². The predicted octanol–water partition coefficient (Wildman–Crippen LogP) is 3.80. The number of carbonyl (C=O) groups excluding carboxylic acids is 1. The molecule has 2 heterocycles. The van der Waals surface area contributed by atoms with Crippen LogP contribution < -0.4 is 5.32 Å². The van der Waals surface area contributed by atoms with Crippen molar-refractivity contribution >= 4 is 45.3 Å². The van der Waals surface area contributed by atoms with Crippen LogP contribution in [0.25, 0.3) is 21.9 Å². The van der Waals surface area contributed by atoms with E-state index >= 15 is 0 Å². The first-order chi connectivity index (χ1) is 11.2. The number of pyridine rings is 1. The number of hydrogen-bond acceptors (Lipinski definition) is 5. The Morgan fingerprint density at radius 2 is 1.87 bits per heavy atom. The lowest BCUT2D eigenvalue weighted by Crippen LogP contribution is -2.12. The lowest BCUT2D eigenvalue weighted by atomic mass is 10.1. The highest BCUT2D eigenvalue weighted by molar-refractivity contribution is 7.00. The number of fused-ring (bicyclic) bond motifs is 2. The van der Waals surface area contributed by atoms with Gasteiger partial charge in [-0.15, -0.1) is 0 Å². The maximum atomic E-state index is 12.5. The van der Waals surface area contributed by atoms with Gasteiger partial charge in [0.05, 0.1) is 22.9 Å². The molecule has 0 spiro atoms. The van der Waals surface area contributed by atoms with E-state index in [0.717, 1.165) is 45.0 Å². The Bertz CT molecular complexity index is 1040. The number of carbonyl (C=O) groups is 1. The van der Waals surface area contributed by atoms with Gasteiger partial charge in [0.25, 0.3) is 5.91 Å². The lowest BCUT2D eigenvalue weighted by molar-refractivity contribution is 0.102. The number of nitrogens with one attached hydrogen (secondary N) is 1. The Morgan fingerprint density at radius 3 is 2.78 bits per heavy atom. The summed E-state index contributed by atoms with van der Waals surface area (Å²) >= 11 is 1.14. The molecule has 2 aromatic heterocycles. The first-order valence-electron chi connectivity index (χ1n) is 7.11. The zero-order valence-corrected chi connectivity index (χ0v) is 13.1. The van der Waals surface area contributed by atoms with E-state index in [4.69, 9.17) is 0 Å². The van der Waals surface area contributed by atoms with Crippen molar-refractivity contribution in [3.63, 3.8) is 0 Å². The van der Waals surface area contributed by atoms with Gasteiger partial charge in [-0.3, -0.25) is 9.78 Å². The number of aromatic nitrogens is 3. The summed E-state index contributed by atoms with van der Waals surface area (Å²) in [4.78, 5) is 17.0. The second kappa shape index (κ2) is 5.40. The van der Waals surface area contributed by atoms with Crippen molar-refractivity contribution in [1.29, 1.82) is 0 Å². The van der Waals surface area contributed by atoms with Crippen LogP contribution >= 0.6 is 11.7 Å². The minimum atomic E-state index is -0.173. The van der Waals surface area contributed by atoms with Crippen LogP contribution in [0.4, 0.5) is 5.69 Å². The van der Waals surface area contributed by atoms with E-state index in [2.05, 4.69) is 19.0 Å². The summed E-state index contributed by atoms with van der Waals surface area (Å²) in [6.45, 7) is 1.95. The molecule has 6 heteroatoms. The van der Waals surface area contributed by atoms with Crippen LogP contribution in [0.2, 0.25) is 0 Å². The average molecular weight is 320 g/mol. The first-order valence-corrected chi connectivity index (χ1v) is 7.84. The van der Waals surface area contributed by atoms with Crippen molar-refractivity contribution in [3.05, 3.63) is 59.8 Å². The van der Waals surface area contributed by atoms with Crippen molar-refractivity contribution in [3.8, 4) is 0 Å². The molecule has 0 bridgehead atoms. The minimum absolute atomic E-state index is 0.173. The molecule has 0 aliphatic heterocycles. The van der Waals surface area contributed by atoms with Gasteiger partial charge in [0.1, 0.15) is 11.0 Å². The van der Waals surface area contributed by atoms with Gasteiger partial charge < -0.3 is 5.32 Å². The van der Waals surface area contributed by atoms with Crippen LogP contribution in [0, 0.1) is 6.92 Å². The third-order valence-electron chi connectivity index (χ3n) is 3.64. The van der Waals surface area contributed by atoms with Crippen molar-refractivity contribution in [2.24, 2.45) is 0 Å². The standard InChI is InChI=1S/C17H12N4OS/c1-10-5-7-12-13(18-10)3-2-4-14(12)19-17(22)11-6-8-15-16(9-11)21-23-20-15/h2-9H,1H3,(H,19,22). The molecule has 0 atom stereocenters. The van der Waals surface area contributed by atoms with E-state index in [-0.39, 0.29) is 5.91 Å². The molecule has 0 aliphatic rings. The molecular formula is C17H12N4OS. The van der Waals surface area contributed by atoms with E-state index < -0.39 is 0 Å². The van der Waals surface area contributed by atoms with Crippen LogP contribution in [-0.4, -0.2) is 19.6 Å². The summed E-state index contributed by atoms with van der Waals surface area (Å²) in [7, 11) is 0.